The van der Waals surface area contributed by atoms with Gasteiger partial charge in [0.15, 0.2) is 5.69 Å². The lowest BCUT2D eigenvalue weighted by Crippen LogP contribution is -2.32. The van der Waals surface area contributed by atoms with Crippen molar-refractivity contribution < 1.29 is 14.7 Å². The highest BCUT2D eigenvalue weighted by Gasteiger charge is 2.32. The number of aromatic carboxylic acids is 1. The van der Waals surface area contributed by atoms with E-state index in [1.807, 2.05) is 36.1 Å². The number of hydrogen-bond acceptors (Lipinski definition) is 4. The molecule has 1 amide bonds. The third-order valence-corrected chi connectivity index (χ3v) is 5.15. The molecule has 0 unspecified atom stereocenters. The molecular formula is C17H18N2O3S. The van der Waals surface area contributed by atoms with Crippen LogP contribution in [0.2, 0.25) is 0 Å². The maximum atomic E-state index is 12.7. The van der Waals surface area contributed by atoms with Gasteiger partial charge in [-0.1, -0.05) is 24.3 Å². The summed E-state index contributed by atoms with van der Waals surface area (Å²) < 4.78 is 0. The van der Waals surface area contributed by atoms with Crippen LogP contribution in [-0.4, -0.2) is 33.4 Å². The minimum atomic E-state index is -1.02. The number of hydrogen-bond donors (Lipinski definition) is 1. The van der Waals surface area contributed by atoms with Crippen molar-refractivity contribution in [1.82, 2.24) is 9.88 Å². The Bertz CT molecular complexity index is 741. The van der Waals surface area contributed by atoms with E-state index < -0.39 is 5.97 Å². The van der Waals surface area contributed by atoms with E-state index in [4.69, 9.17) is 5.11 Å². The molecule has 2 heterocycles. The molecule has 1 aliphatic heterocycles. The summed E-state index contributed by atoms with van der Waals surface area (Å²) in [5.74, 6) is -0.947. The minimum Gasteiger partial charge on any atom is -0.476 e. The third kappa shape index (κ3) is 3.27. The smallest absolute Gasteiger partial charge is 0.355 e. The second kappa shape index (κ2) is 6.50. The highest BCUT2D eigenvalue weighted by molar-refractivity contribution is 7.09. The number of likely N-dealkylation sites (tertiary alicyclic amines) is 1. The van der Waals surface area contributed by atoms with Crippen LogP contribution in [0.15, 0.2) is 29.6 Å². The monoisotopic (exact) mass is 330 g/mol. The van der Waals surface area contributed by atoms with Crippen molar-refractivity contribution in [3.8, 4) is 0 Å². The number of rotatable bonds is 4. The number of nitrogens with zero attached hydrogens (tertiary/aromatic N) is 2. The molecule has 6 heteroatoms. The molecular weight excluding hydrogens is 312 g/mol. The lowest BCUT2D eigenvalue weighted by Gasteiger charge is -2.23. The molecule has 1 aromatic carbocycles. The maximum absolute atomic E-state index is 12.7. The van der Waals surface area contributed by atoms with Gasteiger partial charge in [0, 0.05) is 11.9 Å². The molecule has 1 fully saturated rings. The van der Waals surface area contributed by atoms with Crippen molar-refractivity contribution in [3.05, 3.63) is 51.5 Å². The Kier molecular flexibility index (Phi) is 4.43. The molecule has 0 bridgehead atoms. The van der Waals surface area contributed by atoms with Crippen LogP contribution in [0.3, 0.4) is 0 Å². The zero-order valence-electron chi connectivity index (χ0n) is 12.9. The Morgan fingerprint density at radius 3 is 2.87 bits per heavy atom. The van der Waals surface area contributed by atoms with E-state index in [9.17, 15) is 9.59 Å². The van der Waals surface area contributed by atoms with Gasteiger partial charge < -0.3 is 10.0 Å². The molecule has 1 N–H and O–H groups in total. The Morgan fingerprint density at radius 2 is 2.17 bits per heavy atom. The summed E-state index contributed by atoms with van der Waals surface area (Å²) in [4.78, 5) is 29.7. The van der Waals surface area contributed by atoms with E-state index in [1.165, 1.54) is 11.3 Å². The summed E-state index contributed by atoms with van der Waals surface area (Å²) in [6.45, 7) is 2.71. The number of benzene rings is 1. The number of aryl methyl sites for hydroxylation is 1. The fourth-order valence-electron chi connectivity index (χ4n) is 2.93. The second-order valence-electron chi connectivity index (χ2n) is 5.72. The van der Waals surface area contributed by atoms with Crippen molar-refractivity contribution in [3.63, 3.8) is 0 Å². The SMILES string of the molecule is Cc1ccccc1CC(=O)N1CCC[C@@H]1c1nc(C(=O)O)cs1. The van der Waals surface area contributed by atoms with Crippen molar-refractivity contribution in [2.75, 3.05) is 6.54 Å². The molecule has 120 valence electrons. The van der Waals surface area contributed by atoms with Crippen molar-refractivity contribution in [1.29, 1.82) is 0 Å². The van der Waals surface area contributed by atoms with Crippen molar-refractivity contribution >= 4 is 23.2 Å². The van der Waals surface area contributed by atoms with E-state index in [0.29, 0.717) is 13.0 Å². The zero-order valence-corrected chi connectivity index (χ0v) is 13.7. The van der Waals surface area contributed by atoms with Gasteiger partial charge in [-0.05, 0) is 30.9 Å². The average Bonchev–Trinajstić information content (AvgIpc) is 3.17. The number of carbonyl (C=O) groups is 2. The topological polar surface area (TPSA) is 70.5 Å². The largest absolute Gasteiger partial charge is 0.476 e. The van der Waals surface area contributed by atoms with Gasteiger partial charge >= 0.3 is 5.97 Å². The predicted octanol–water partition coefficient (Wildman–Crippen LogP) is 3.06. The molecule has 3 rings (SSSR count). The standard InChI is InChI=1S/C17H18N2O3S/c1-11-5-2-3-6-12(11)9-15(20)19-8-4-7-14(19)16-18-13(10-23-16)17(21)22/h2-3,5-6,10,14H,4,7-9H2,1H3,(H,21,22)/t14-/m1/s1. The normalized spacial score (nSPS) is 17.4. The van der Waals surface area contributed by atoms with Crippen LogP contribution in [0.4, 0.5) is 0 Å². The lowest BCUT2D eigenvalue weighted by molar-refractivity contribution is -0.131. The fourth-order valence-corrected chi connectivity index (χ4v) is 3.87. The lowest BCUT2D eigenvalue weighted by atomic mass is 10.1. The molecule has 1 aliphatic rings. The summed E-state index contributed by atoms with van der Waals surface area (Å²) in [6.07, 6.45) is 2.14. The summed E-state index contributed by atoms with van der Waals surface area (Å²) in [5.41, 5.74) is 2.20. The molecule has 1 saturated heterocycles. The molecule has 0 spiro atoms. The van der Waals surface area contributed by atoms with Crippen LogP contribution in [0.5, 0.6) is 0 Å². The predicted molar refractivity (Wildman–Crippen MR) is 87.6 cm³/mol. The molecule has 1 atom stereocenters. The highest BCUT2D eigenvalue weighted by Crippen LogP contribution is 2.34. The quantitative estimate of drug-likeness (QED) is 0.935. The van der Waals surface area contributed by atoms with E-state index >= 15 is 0 Å². The average molecular weight is 330 g/mol. The van der Waals surface area contributed by atoms with E-state index in [0.717, 1.165) is 29.0 Å². The van der Waals surface area contributed by atoms with Crippen molar-refractivity contribution in [2.45, 2.75) is 32.2 Å². The van der Waals surface area contributed by atoms with Gasteiger partial charge in [0.25, 0.3) is 0 Å². The Morgan fingerprint density at radius 1 is 1.39 bits per heavy atom. The van der Waals surface area contributed by atoms with Crippen LogP contribution in [0.25, 0.3) is 0 Å². The van der Waals surface area contributed by atoms with Gasteiger partial charge in [-0.2, -0.15) is 0 Å². The van der Waals surface area contributed by atoms with E-state index in [-0.39, 0.29) is 17.6 Å². The summed E-state index contributed by atoms with van der Waals surface area (Å²) in [6, 6.07) is 7.79. The van der Waals surface area contributed by atoms with E-state index in [2.05, 4.69) is 4.98 Å². The van der Waals surface area contributed by atoms with Crippen LogP contribution in [0, 0.1) is 6.92 Å². The number of aromatic nitrogens is 1. The van der Waals surface area contributed by atoms with Crippen molar-refractivity contribution in [2.24, 2.45) is 0 Å². The minimum absolute atomic E-state index is 0.0585. The van der Waals surface area contributed by atoms with Crippen LogP contribution in [0.1, 0.15) is 45.5 Å². The summed E-state index contributed by atoms with van der Waals surface area (Å²) >= 11 is 1.32. The Labute approximate surface area is 138 Å². The zero-order chi connectivity index (χ0) is 16.4. The fraction of sp³-hybridized carbons (Fsp3) is 0.353. The first-order valence-corrected chi connectivity index (χ1v) is 8.47. The second-order valence-corrected chi connectivity index (χ2v) is 6.61. The van der Waals surface area contributed by atoms with Gasteiger partial charge in [0.1, 0.15) is 5.01 Å². The Balaban J connectivity index is 1.76. The molecule has 0 aliphatic carbocycles. The molecule has 1 aromatic heterocycles. The number of amides is 1. The summed E-state index contributed by atoms with van der Waals surface area (Å²) in [5, 5.41) is 11.3. The number of carbonyl (C=O) groups excluding carboxylic acids is 1. The van der Waals surface area contributed by atoms with Gasteiger partial charge in [-0.3, -0.25) is 4.79 Å². The van der Waals surface area contributed by atoms with Crippen LogP contribution >= 0.6 is 11.3 Å². The number of carboxylic acid groups (broad SMARTS) is 1. The molecule has 0 radical (unpaired) electrons. The molecule has 2 aromatic rings. The molecule has 5 nitrogen and oxygen atoms in total. The van der Waals surface area contributed by atoms with Gasteiger partial charge in [0.2, 0.25) is 5.91 Å². The van der Waals surface area contributed by atoms with Gasteiger partial charge in [0.05, 0.1) is 12.5 Å². The van der Waals surface area contributed by atoms with Gasteiger partial charge in [-0.15, -0.1) is 11.3 Å². The number of carboxylic acids is 1. The first-order chi connectivity index (χ1) is 11.1. The molecule has 0 saturated carbocycles. The maximum Gasteiger partial charge on any atom is 0.355 e. The van der Waals surface area contributed by atoms with Crippen LogP contribution < -0.4 is 0 Å². The molecule has 23 heavy (non-hydrogen) atoms. The third-order valence-electron chi connectivity index (χ3n) is 4.20. The highest BCUT2D eigenvalue weighted by atomic mass is 32.1. The summed E-state index contributed by atoms with van der Waals surface area (Å²) in [7, 11) is 0. The number of thiazole rings is 1. The first-order valence-electron chi connectivity index (χ1n) is 7.59. The van der Waals surface area contributed by atoms with Crippen LogP contribution in [-0.2, 0) is 11.2 Å². The Hall–Kier alpha value is -2.21. The van der Waals surface area contributed by atoms with E-state index in [1.54, 1.807) is 5.38 Å². The first kappa shape index (κ1) is 15.7. The van der Waals surface area contributed by atoms with Gasteiger partial charge in [-0.25, -0.2) is 9.78 Å².